The van der Waals surface area contributed by atoms with Crippen LogP contribution in [0.3, 0.4) is 0 Å². The molecular weight excluding hydrogens is 266 g/mol. The minimum atomic E-state index is 0.0322. The van der Waals surface area contributed by atoms with Crippen LogP contribution in [0, 0.1) is 5.92 Å². The molecule has 2 atom stereocenters. The number of benzene rings is 1. The maximum atomic E-state index is 12.0. The lowest BCUT2D eigenvalue weighted by molar-refractivity contribution is -0.117. The fraction of sp³-hybridized carbons (Fsp3) is 0.400. The molecule has 21 heavy (non-hydrogen) atoms. The highest BCUT2D eigenvalue weighted by Crippen LogP contribution is 2.27. The molecule has 0 bridgehead atoms. The molecule has 110 valence electrons. The van der Waals surface area contributed by atoms with Gasteiger partial charge in [0.15, 0.2) is 5.82 Å². The summed E-state index contributed by atoms with van der Waals surface area (Å²) >= 11 is 0. The van der Waals surface area contributed by atoms with Gasteiger partial charge in [-0.15, -0.1) is 0 Å². The van der Waals surface area contributed by atoms with Gasteiger partial charge >= 0.3 is 0 Å². The van der Waals surface area contributed by atoms with Crippen LogP contribution in [0.1, 0.15) is 25.7 Å². The van der Waals surface area contributed by atoms with Crippen LogP contribution in [0.25, 0.3) is 11.4 Å². The van der Waals surface area contributed by atoms with Crippen molar-refractivity contribution in [3.8, 4) is 11.4 Å². The van der Waals surface area contributed by atoms with E-state index in [-0.39, 0.29) is 11.9 Å². The predicted octanol–water partition coefficient (Wildman–Crippen LogP) is 1.93. The zero-order valence-corrected chi connectivity index (χ0v) is 11.7. The molecule has 0 aliphatic heterocycles. The average molecular weight is 285 g/mol. The molecule has 1 amide bonds. The lowest BCUT2D eigenvalue weighted by Gasteiger charge is -2.14. The number of H-pyrrole nitrogens is 1. The van der Waals surface area contributed by atoms with Crippen LogP contribution >= 0.6 is 0 Å². The van der Waals surface area contributed by atoms with Crippen molar-refractivity contribution in [1.29, 1.82) is 0 Å². The van der Waals surface area contributed by atoms with Crippen molar-refractivity contribution in [2.75, 3.05) is 5.32 Å². The molecule has 0 radical (unpaired) electrons. The minimum absolute atomic E-state index is 0.0322. The van der Waals surface area contributed by atoms with Gasteiger partial charge in [-0.25, -0.2) is 4.98 Å². The van der Waals surface area contributed by atoms with E-state index < -0.39 is 0 Å². The molecule has 1 aromatic heterocycles. The smallest absolute Gasteiger partial charge is 0.224 e. The van der Waals surface area contributed by atoms with Crippen molar-refractivity contribution in [3.63, 3.8) is 0 Å². The van der Waals surface area contributed by atoms with Gasteiger partial charge in [-0.2, -0.15) is 5.10 Å². The Bertz CT molecular complexity index is 593. The third kappa shape index (κ3) is 3.28. The van der Waals surface area contributed by atoms with Gasteiger partial charge in [0.1, 0.15) is 6.33 Å². The number of hydrogen-bond donors (Lipinski definition) is 3. The fourth-order valence-electron chi connectivity index (χ4n) is 2.83. The number of aromatic nitrogens is 3. The standard InChI is InChI=1S/C15H19N5O/c16-13-3-1-2-11(13)8-14(21)19-12-6-4-10(5-7-12)15-17-9-18-20-15/h4-7,9,11,13H,1-3,8,16H2,(H,19,21)(H,17,18,20)/t11-,13+/m0/s1. The molecule has 0 spiro atoms. The first-order valence-corrected chi connectivity index (χ1v) is 7.23. The lowest BCUT2D eigenvalue weighted by atomic mass is 10.00. The highest BCUT2D eigenvalue weighted by molar-refractivity contribution is 5.91. The maximum Gasteiger partial charge on any atom is 0.224 e. The molecular formula is C15H19N5O. The quantitative estimate of drug-likeness (QED) is 0.799. The second-order valence-electron chi connectivity index (χ2n) is 5.52. The second-order valence-corrected chi connectivity index (χ2v) is 5.52. The normalized spacial score (nSPS) is 21.4. The van der Waals surface area contributed by atoms with Crippen molar-refractivity contribution >= 4 is 11.6 Å². The first-order valence-electron chi connectivity index (χ1n) is 7.23. The van der Waals surface area contributed by atoms with Crippen LogP contribution in [0.4, 0.5) is 5.69 Å². The maximum absolute atomic E-state index is 12.0. The average Bonchev–Trinajstić information content (AvgIpc) is 3.12. The number of carbonyl (C=O) groups excluding carboxylic acids is 1. The summed E-state index contributed by atoms with van der Waals surface area (Å²) in [5.74, 6) is 1.06. The molecule has 1 aliphatic carbocycles. The summed E-state index contributed by atoms with van der Waals surface area (Å²) in [5.41, 5.74) is 7.72. The van der Waals surface area contributed by atoms with Gasteiger partial charge in [-0.1, -0.05) is 6.42 Å². The van der Waals surface area contributed by atoms with Crippen molar-refractivity contribution < 1.29 is 4.79 Å². The Kier molecular flexibility index (Phi) is 3.96. The zero-order valence-electron chi connectivity index (χ0n) is 11.7. The summed E-state index contributed by atoms with van der Waals surface area (Å²) in [5, 5.41) is 9.54. The molecule has 3 rings (SSSR count). The van der Waals surface area contributed by atoms with Crippen LogP contribution in [0.15, 0.2) is 30.6 Å². The van der Waals surface area contributed by atoms with E-state index in [1.807, 2.05) is 24.3 Å². The van der Waals surface area contributed by atoms with Gasteiger partial charge in [0.2, 0.25) is 5.91 Å². The van der Waals surface area contributed by atoms with Crippen LogP contribution < -0.4 is 11.1 Å². The summed E-state index contributed by atoms with van der Waals surface area (Å²) in [6.07, 6.45) is 5.19. The van der Waals surface area contributed by atoms with Crippen LogP contribution in [0.5, 0.6) is 0 Å². The van der Waals surface area contributed by atoms with E-state index in [4.69, 9.17) is 5.73 Å². The van der Waals surface area contributed by atoms with Crippen molar-refractivity contribution in [2.24, 2.45) is 11.7 Å². The number of hydrogen-bond acceptors (Lipinski definition) is 4. The van der Waals surface area contributed by atoms with E-state index in [1.54, 1.807) is 0 Å². The molecule has 1 fully saturated rings. The Labute approximate surface area is 123 Å². The molecule has 1 saturated carbocycles. The number of rotatable bonds is 4. The van der Waals surface area contributed by atoms with Gasteiger partial charge < -0.3 is 11.1 Å². The lowest BCUT2D eigenvalue weighted by Crippen LogP contribution is -2.28. The van der Waals surface area contributed by atoms with Crippen molar-refractivity contribution in [2.45, 2.75) is 31.7 Å². The Morgan fingerprint density at radius 1 is 1.33 bits per heavy atom. The monoisotopic (exact) mass is 285 g/mol. The van der Waals surface area contributed by atoms with Crippen LogP contribution in [-0.2, 0) is 4.79 Å². The molecule has 6 nitrogen and oxygen atoms in total. The van der Waals surface area contributed by atoms with Crippen molar-refractivity contribution in [3.05, 3.63) is 30.6 Å². The third-order valence-electron chi connectivity index (χ3n) is 4.02. The van der Waals surface area contributed by atoms with E-state index in [9.17, 15) is 4.79 Å². The van der Waals surface area contributed by atoms with Gasteiger partial charge in [0, 0.05) is 23.7 Å². The first kappa shape index (κ1) is 13.8. The summed E-state index contributed by atoms with van der Waals surface area (Å²) in [6.45, 7) is 0. The van der Waals surface area contributed by atoms with E-state index in [1.165, 1.54) is 6.33 Å². The number of nitrogens with two attached hydrogens (primary N) is 1. The Balaban J connectivity index is 1.58. The molecule has 1 aromatic carbocycles. The van der Waals surface area contributed by atoms with Gasteiger partial charge in [0.25, 0.3) is 0 Å². The fourth-order valence-corrected chi connectivity index (χ4v) is 2.83. The number of anilines is 1. The number of aromatic amines is 1. The summed E-state index contributed by atoms with van der Waals surface area (Å²) < 4.78 is 0. The Morgan fingerprint density at radius 2 is 2.14 bits per heavy atom. The number of carbonyl (C=O) groups is 1. The molecule has 1 heterocycles. The minimum Gasteiger partial charge on any atom is -0.327 e. The van der Waals surface area contributed by atoms with E-state index >= 15 is 0 Å². The number of nitrogens with one attached hydrogen (secondary N) is 2. The topological polar surface area (TPSA) is 96.7 Å². The Hall–Kier alpha value is -2.21. The Morgan fingerprint density at radius 3 is 2.76 bits per heavy atom. The number of nitrogens with zero attached hydrogens (tertiary/aromatic N) is 2. The largest absolute Gasteiger partial charge is 0.327 e. The molecule has 2 aromatic rings. The van der Waals surface area contributed by atoms with Crippen molar-refractivity contribution in [1.82, 2.24) is 15.2 Å². The molecule has 0 saturated heterocycles. The molecule has 6 heteroatoms. The van der Waals surface area contributed by atoms with Crippen LogP contribution in [0.2, 0.25) is 0 Å². The van der Waals surface area contributed by atoms with Gasteiger partial charge in [-0.3, -0.25) is 9.89 Å². The van der Waals surface area contributed by atoms with Gasteiger partial charge in [-0.05, 0) is 43.0 Å². The third-order valence-corrected chi connectivity index (χ3v) is 4.02. The SMILES string of the molecule is N[C@@H]1CCC[C@H]1CC(=O)Nc1ccc(-c2ncn[nH]2)cc1. The van der Waals surface area contributed by atoms with E-state index in [0.29, 0.717) is 18.2 Å². The summed E-state index contributed by atoms with van der Waals surface area (Å²) in [4.78, 5) is 16.1. The molecule has 4 N–H and O–H groups in total. The second kappa shape index (κ2) is 6.05. The highest BCUT2D eigenvalue weighted by atomic mass is 16.1. The van der Waals surface area contributed by atoms with Gasteiger partial charge in [0.05, 0.1) is 0 Å². The first-order chi connectivity index (χ1) is 10.2. The highest BCUT2D eigenvalue weighted by Gasteiger charge is 2.25. The van der Waals surface area contributed by atoms with E-state index in [2.05, 4.69) is 20.5 Å². The summed E-state index contributed by atoms with van der Waals surface area (Å²) in [6, 6.07) is 7.70. The molecule has 1 aliphatic rings. The van der Waals surface area contributed by atoms with E-state index in [0.717, 1.165) is 30.5 Å². The molecule has 0 unspecified atom stereocenters. The predicted molar refractivity (Wildman–Crippen MR) is 80.4 cm³/mol. The summed E-state index contributed by atoms with van der Waals surface area (Å²) in [7, 11) is 0. The van der Waals surface area contributed by atoms with Crippen LogP contribution in [-0.4, -0.2) is 27.1 Å². The number of amides is 1. The zero-order chi connectivity index (χ0) is 14.7.